The summed E-state index contributed by atoms with van der Waals surface area (Å²) in [5.74, 6) is 1.70. The molecular weight excluding hydrogens is 858 g/mol. The summed E-state index contributed by atoms with van der Waals surface area (Å²) in [4.78, 5) is 47.7. The van der Waals surface area contributed by atoms with Gasteiger partial charge in [-0.15, -0.1) is 11.3 Å². The first-order chi connectivity index (χ1) is 29.1. The highest BCUT2D eigenvalue weighted by molar-refractivity contribution is 7.90. The number of hydrogen-bond acceptors (Lipinski definition) is 12. The average molecular weight is 892 g/mol. The third kappa shape index (κ3) is 8.78. The number of hydrogen-bond donors (Lipinski definition) is 1. The number of thiophene rings is 1. The molecule has 1 aliphatic heterocycles. The Labute approximate surface area is 355 Å². The molecule has 314 valence electrons. The van der Waals surface area contributed by atoms with Crippen molar-refractivity contribution in [3.05, 3.63) is 104 Å². The van der Waals surface area contributed by atoms with Gasteiger partial charge in [0, 0.05) is 71.4 Å². The van der Waals surface area contributed by atoms with Crippen LogP contribution in [0.1, 0.15) is 47.1 Å². The predicted molar refractivity (Wildman–Crippen MR) is 223 cm³/mol. The van der Waals surface area contributed by atoms with Gasteiger partial charge in [0.1, 0.15) is 23.3 Å². The Morgan fingerprint density at radius 3 is 2.54 bits per heavy atom. The first-order valence-corrected chi connectivity index (χ1v) is 21.4. The highest BCUT2D eigenvalue weighted by Gasteiger charge is 2.43. The second-order valence-electron chi connectivity index (χ2n) is 14.0. The minimum absolute atomic E-state index is 0.00845. The lowest BCUT2D eigenvalue weighted by atomic mass is 10.00. The van der Waals surface area contributed by atoms with E-state index in [-0.39, 0.29) is 63.9 Å². The number of likely N-dealkylation sites (tertiary alicyclic amines) is 1. The molecular formula is C41H34ClF4N9O4S2. The molecule has 0 unspecified atom stereocenters. The standard InChI is InChI=1S/C41H34ClF4N9O4S2/c1-3-54(27-11-17-53(18-12-27)23-41(45,46)40(43)44)37-31(20-47)34-33(21-50-37)51-24(2)55(39(34)57)16-4-5-25-6-7-26(42)19-30(25)29-10-15-49-35-32(22-60-36(29)35)38(56)52-61(58,59)28-8-13-48-14-9-28/h6-10,13-15,19,21-22,27,40H,3,11-12,16-18,23H2,1-2H3,(H,52,56). The van der Waals surface area contributed by atoms with E-state index in [4.69, 9.17) is 11.6 Å². The van der Waals surface area contributed by atoms with Gasteiger partial charge in [-0.05, 0) is 63.1 Å². The van der Waals surface area contributed by atoms with Crippen molar-refractivity contribution in [1.29, 1.82) is 5.26 Å². The first kappa shape index (κ1) is 43.1. The average Bonchev–Trinajstić information content (AvgIpc) is 3.68. The molecule has 0 bridgehead atoms. The van der Waals surface area contributed by atoms with Crippen molar-refractivity contribution in [2.24, 2.45) is 0 Å². The largest absolute Gasteiger partial charge is 0.353 e. The molecule has 0 spiro atoms. The number of nitriles is 1. The Kier molecular flexibility index (Phi) is 12.4. The minimum atomic E-state index is -4.19. The fraction of sp³-hybridized carbons (Fsp3) is 0.293. The second kappa shape index (κ2) is 17.5. The highest BCUT2D eigenvalue weighted by Crippen LogP contribution is 2.37. The van der Waals surface area contributed by atoms with E-state index in [9.17, 15) is 40.8 Å². The lowest BCUT2D eigenvalue weighted by Gasteiger charge is -2.39. The van der Waals surface area contributed by atoms with E-state index < -0.39 is 40.4 Å². The number of aryl methyl sites for hydroxylation is 1. The number of nitrogens with one attached hydrogen (secondary N) is 1. The molecule has 1 N–H and O–H groups in total. The molecule has 1 aliphatic rings. The van der Waals surface area contributed by atoms with Crippen molar-refractivity contribution >= 4 is 65.8 Å². The smallest absolute Gasteiger partial charge is 0.319 e. The molecule has 0 radical (unpaired) electrons. The monoisotopic (exact) mass is 891 g/mol. The zero-order valence-electron chi connectivity index (χ0n) is 32.4. The number of amides is 1. The molecule has 0 aliphatic carbocycles. The van der Waals surface area contributed by atoms with Gasteiger partial charge in [-0.25, -0.2) is 31.9 Å². The predicted octanol–water partition coefficient (Wildman–Crippen LogP) is 6.66. The summed E-state index contributed by atoms with van der Waals surface area (Å²) in [7, 11) is -4.19. The van der Waals surface area contributed by atoms with Crippen molar-refractivity contribution in [1.82, 2.24) is 34.1 Å². The molecule has 6 heterocycles. The summed E-state index contributed by atoms with van der Waals surface area (Å²) in [5, 5.41) is 12.3. The van der Waals surface area contributed by atoms with E-state index in [0.29, 0.717) is 51.6 Å². The number of rotatable bonds is 11. The molecule has 1 amide bonds. The van der Waals surface area contributed by atoms with Crippen LogP contribution in [0.15, 0.2) is 76.3 Å². The summed E-state index contributed by atoms with van der Waals surface area (Å²) >= 11 is 7.64. The van der Waals surface area contributed by atoms with Crippen LogP contribution in [0.3, 0.4) is 0 Å². The van der Waals surface area contributed by atoms with Crippen LogP contribution in [0.5, 0.6) is 0 Å². The molecule has 1 saturated heterocycles. The van der Waals surface area contributed by atoms with Gasteiger partial charge >= 0.3 is 12.3 Å². The number of sulfonamides is 1. The fourth-order valence-corrected chi connectivity index (χ4v) is 9.44. The van der Waals surface area contributed by atoms with Gasteiger partial charge in [-0.1, -0.05) is 23.4 Å². The number of piperidine rings is 1. The molecule has 0 atom stereocenters. The van der Waals surface area contributed by atoms with Gasteiger partial charge in [0.2, 0.25) is 0 Å². The van der Waals surface area contributed by atoms with Crippen molar-refractivity contribution in [2.75, 3.05) is 31.1 Å². The normalized spacial score (nSPS) is 13.9. The van der Waals surface area contributed by atoms with E-state index >= 15 is 0 Å². The van der Waals surface area contributed by atoms with E-state index in [1.807, 2.05) is 11.8 Å². The molecule has 5 aromatic heterocycles. The second-order valence-corrected chi connectivity index (χ2v) is 17.0. The van der Waals surface area contributed by atoms with Crippen LogP contribution >= 0.6 is 22.9 Å². The molecule has 1 aromatic carbocycles. The number of carbonyl (C=O) groups excluding carboxylic acids is 1. The van der Waals surface area contributed by atoms with Crippen molar-refractivity contribution in [3.8, 4) is 29.0 Å². The third-order valence-electron chi connectivity index (χ3n) is 10.3. The van der Waals surface area contributed by atoms with Crippen LogP contribution in [0, 0.1) is 30.1 Å². The van der Waals surface area contributed by atoms with Crippen LogP contribution in [0.25, 0.3) is 32.2 Å². The first-order valence-electron chi connectivity index (χ1n) is 18.7. The quantitative estimate of drug-likeness (QED) is 0.109. The number of pyridine rings is 3. The molecule has 20 heteroatoms. The van der Waals surface area contributed by atoms with Crippen LogP contribution in [0.4, 0.5) is 23.4 Å². The van der Waals surface area contributed by atoms with Crippen molar-refractivity contribution in [3.63, 3.8) is 0 Å². The van der Waals surface area contributed by atoms with Gasteiger partial charge in [0.05, 0.1) is 50.9 Å². The number of alkyl halides is 4. The molecule has 1 fully saturated rings. The molecule has 61 heavy (non-hydrogen) atoms. The van der Waals surface area contributed by atoms with E-state index in [1.165, 1.54) is 63.1 Å². The molecule has 13 nitrogen and oxygen atoms in total. The maximum absolute atomic E-state index is 14.2. The Balaban J connectivity index is 1.17. The lowest BCUT2D eigenvalue weighted by Crippen LogP contribution is -2.49. The minimum Gasteiger partial charge on any atom is -0.353 e. The maximum atomic E-state index is 14.2. The molecule has 7 rings (SSSR count). The van der Waals surface area contributed by atoms with Crippen molar-refractivity contribution in [2.45, 2.75) is 56.5 Å². The Bertz CT molecular complexity index is 2940. The van der Waals surface area contributed by atoms with Crippen LogP contribution in [0.2, 0.25) is 5.02 Å². The topological polar surface area (TPSA) is 167 Å². The summed E-state index contributed by atoms with van der Waals surface area (Å²) < 4.78 is 82.9. The van der Waals surface area contributed by atoms with Gasteiger partial charge in [0.25, 0.3) is 21.5 Å². The number of fused-ring (bicyclic) bond motifs is 2. The number of anilines is 1. The zero-order chi connectivity index (χ0) is 43.6. The summed E-state index contributed by atoms with van der Waals surface area (Å²) in [6.45, 7) is 2.92. The maximum Gasteiger partial charge on any atom is 0.319 e. The van der Waals surface area contributed by atoms with Gasteiger partial charge in [-0.2, -0.15) is 14.0 Å². The van der Waals surface area contributed by atoms with Crippen LogP contribution in [-0.4, -0.2) is 88.3 Å². The van der Waals surface area contributed by atoms with Crippen molar-refractivity contribution < 1.29 is 30.8 Å². The molecule has 6 aromatic rings. The Hall–Kier alpha value is -5.99. The fourth-order valence-electron chi connectivity index (χ4n) is 7.28. The van der Waals surface area contributed by atoms with Crippen LogP contribution < -0.4 is 15.2 Å². The number of carbonyl (C=O) groups is 1. The van der Waals surface area contributed by atoms with E-state index in [2.05, 4.69) is 42.6 Å². The van der Waals surface area contributed by atoms with Gasteiger partial charge in [0.15, 0.2) is 0 Å². The van der Waals surface area contributed by atoms with E-state index in [0.717, 1.165) is 0 Å². The number of aromatic nitrogens is 5. The number of halogens is 5. The Morgan fingerprint density at radius 1 is 1.11 bits per heavy atom. The number of benzene rings is 1. The summed E-state index contributed by atoms with van der Waals surface area (Å²) in [6, 6.07) is 11.2. The number of nitrogens with zero attached hydrogens (tertiary/aromatic N) is 8. The van der Waals surface area contributed by atoms with Gasteiger partial charge < -0.3 is 4.90 Å². The van der Waals surface area contributed by atoms with Crippen LogP contribution in [-0.2, 0) is 16.6 Å². The Morgan fingerprint density at radius 2 is 1.85 bits per heavy atom. The SMILES string of the molecule is CCN(c1ncc2nc(C)n(CC#Cc3ccc(Cl)cc3-c3ccnc4c(C(=O)NS(=O)(=O)c5ccncc5)csc34)c(=O)c2c1C#N)C1CCN(CC(F)(F)C(F)F)CC1. The third-order valence-corrected chi connectivity index (χ3v) is 12.8. The molecule has 0 saturated carbocycles. The summed E-state index contributed by atoms with van der Waals surface area (Å²) in [6.07, 6.45) is 2.42. The zero-order valence-corrected chi connectivity index (χ0v) is 34.8. The van der Waals surface area contributed by atoms with Gasteiger partial charge in [-0.3, -0.25) is 29.0 Å². The summed E-state index contributed by atoms with van der Waals surface area (Å²) in [5.41, 5.74) is 1.69. The van der Waals surface area contributed by atoms with E-state index in [1.54, 1.807) is 31.2 Å². The highest BCUT2D eigenvalue weighted by atomic mass is 35.5. The lowest BCUT2D eigenvalue weighted by molar-refractivity contribution is -0.143.